The topological polar surface area (TPSA) is 92.9 Å². The number of para-hydroxylation sites is 1. The van der Waals surface area contributed by atoms with Crippen molar-refractivity contribution in [2.24, 2.45) is 11.7 Å². The van der Waals surface area contributed by atoms with Gasteiger partial charge in [-0.25, -0.2) is 8.78 Å². The molecule has 2 fully saturated rings. The number of nitrogens with zero attached hydrogens (tertiary/aromatic N) is 2. The van der Waals surface area contributed by atoms with Crippen molar-refractivity contribution in [1.82, 2.24) is 4.90 Å². The Morgan fingerprint density at radius 3 is 2.54 bits per heavy atom. The van der Waals surface area contributed by atoms with Crippen LogP contribution in [-0.4, -0.2) is 54.5 Å². The number of carbonyl (C=O) groups is 3. The summed E-state index contributed by atoms with van der Waals surface area (Å²) in [7, 11) is 0. The SMILES string of the molecule is C[C@H]1OCCN(C(=O)C2CC(=O)N(c3c(F)cccc3F)C2)[C@@H]1C(N)=O. The molecule has 3 rings (SSSR count). The van der Waals surface area contributed by atoms with Crippen LogP contribution in [0.15, 0.2) is 18.2 Å². The molecule has 3 amide bonds. The Labute approximate surface area is 148 Å². The van der Waals surface area contributed by atoms with Gasteiger partial charge in [0.25, 0.3) is 0 Å². The number of primary amides is 1. The normalized spacial score (nSPS) is 26.3. The summed E-state index contributed by atoms with van der Waals surface area (Å²) >= 11 is 0. The van der Waals surface area contributed by atoms with Crippen LogP contribution < -0.4 is 10.6 Å². The summed E-state index contributed by atoms with van der Waals surface area (Å²) in [5.41, 5.74) is 4.92. The van der Waals surface area contributed by atoms with Gasteiger partial charge in [-0.05, 0) is 19.1 Å². The van der Waals surface area contributed by atoms with E-state index in [0.29, 0.717) is 0 Å². The van der Waals surface area contributed by atoms with E-state index in [9.17, 15) is 23.2 Å². The average Bonchev–Trinajstić information content (AvgIpc) is 2.95. The zero-order chi connectivity index (χ0) is 19.0. The zero-order valence-electron chi connectivity index (χ0n) is 14.2. The molecule has 1 unspecified atom stereocenters. The number of morpholine rings is 1. The Morgan fingerprint density at radius 1 is 1.27 bits per heavy atom. The summed E-state index contributed by atoms with van der Waals surface area (Å²) < 4.78 is 33.3. The number of nitrogens with two attached hydrogens (primary N) is 1. The largest absolute Gasteiger partial charge is 0.374 e. The van der Waals surface area contributed by atoms with E-state index in [1.165, 1.54) is 11.0 Å². The predicted molar refractivity (Wildman–Crippen MR) is 86.9 cm³/mol. The van der Waals surface area contributed by atoms with Crippen molar-refractivity contribution in [3.63, 3.8) is 0 Å². The first-order valence-electron chi connectivity index (χ1n) is 8.27. The molecule has 26 heavy (non-hydrogen) atoms. The van der Waals surface area contributed by atoms with Crippen molar-refractivity contribution in [2.75, 3.05) is 24.6 Å². The molecular weight excluding hydrogens is 348 g/mol. The Hall–Kier alpha value is -2.55. The van der Waals surface area contributed by atoms with Gasteiger partial charge >= 0.3 is 0 Å². The average molecular weight is 367 g/mol. The Morgan fingerprint density at radius 2 is 1.92 bits per heavy atom. The zero-order valence-corrected chi connectivity index (χ0v) is 14.2. The molecule has 2 aliphatic rings. The molecule has 0 spiro atoms. The quantitative estimate of drug-likeness (QED) is 0.838. The maximum absolute atomic E-state index is 14.0. The van der Waals surface area contributed by atoms with Crippen molar-refractivity contribution in [3.05, 3.63) is 29.8 Å². The summed E-state index contributed by atoms with van der Waals surface area (Å²) in [6, 6.07) is 2.36. The van der Waals surface area contributed by atoms with E-state index < -0.39 is 53.1 Å². The standard InChI is InChI=1S/C17H19F2N3O4/c1-9-14(16(20)24)21(5-6-26-9)17(25)10-7-13(23)22(8-10)15-11(18)3-2-4-12(15)19/h2-4,9-10,14H,5-8H2,1H3,(H2,20,24)/t9-,10?,14+/m1/s1. The van der Waals surface area contributed by atoms with Crippen molar-refractivity contribution < 1.29 is 27.9 Å². The lowest BCUT2D eigenvalue weighted by molar-refractivity contribution is -0.156. The smallest absolute Gasteiger partial charge is 0.242 e. The highest BCUT2D eigenvalue weighted by atomic mass is 19.1. The van der Waals surface area contributed by atoms with Crippen molar-refractivity contribution in [3.8, 4) is 0 Å². The van der Waals surface area contributed by atoms with Gasteiger partial charge in [0.1, 0.15) is 23.4 Å². The monoisotopic (exact) mass is 367 g/mol. The number of rotatable bonds is 3. The number of hydrogen-bond acceptors (Lipinski definition) is 4. The van der Waals surface area contributed by atoms with Gasteiger partial charge in [0.05, 0.1) is 18.6 Å². The van der Waals surface area contributed by atoms with Crippen molar-refractivity contribution >= 4 is 23.4 Å². The summed E-state index contributed by atoms with van der Waals surface area (Å²) in [5, 5.41) is 0. The first-order chi connectivity index (χ1) is 12.3. The van der Waals surface area contributed by atoms with Gasteiger partial charge in [0.15, 0.2) is 0 Å². The molecule has 9 heteroatoms. The highest BCUT2D eigenvalue weighted by Crippen LogP contribution is 2.31. The lowest BCUT2D eigenvalue weighted by atomic mass is 10.0. The first kappa shape index (κ1) is 18.2. The van der Waals surface area contributed by atoms with Gasteiger partial charge in [-0.1, -0.05) is 6.07 Å². The van der Waals surface area contributed by atoms with E-state index in [0.717, 1.165) is 17.0 Å². The Kier molecular flexibility index (Phi) is 4.90. The molecule has 140 valence electrons. The maximum atomic E-state index is 14.0. The van der Waals surface area contributed by atoms with Gasteiger partial charge in [-0.2, -0.15) is 0 Å². The van der Waals surface area contributed by atoms with E-state index >= 15 is 0 Å². The fourth-order valence-electron chi connectivity index (χ4n) is 3.52. The maximum Gasteiger partial charge on any atom is 0.242 e. The van der Waals surface area contributed by atoms with Crippen molar-refractivity contribution in [2.45, 2.75) is 25.5 Å². The highest BCUT2D eigenvalue weighted by Gasteiger charge is 2.44. The molecule has 0 radical (unpaired) electrons. The number of ether oxygens (including phenoxy) is 1. The molecule has 0 bridgehead atoms. The minimum atomic E-state index is -0.939. The van der Waals surface area contributed by atoms with Crippen LogP contribution in [0.3, 0.4) is 0 Å². The van der Waals surface area contributed by atoms with Crippen LogP contribution in [0.2, 0.25) is 0 Å². The molecule has 2 saturated heterocycles. The molecule has 3 atom stereocenters. The minimum absolute atomic E-state index is 0.160. The molecule has 0 aromatic heterocycles. The van der Waals surface area contributed by atoms with Crippen LogP contribution in [0.4, 0.5) is 14.5 Å². The van der Waals surface area contributed by atoms with Crippen LogP contribution in [0.25, 0.3) is 0 Å². The summed E-state index contributed by atoms with van der Waals surface area (Å²) in [4.78, 5) is 39.1. The van der Waals surface area contributed by atoms with Gasteiger partial charge in [-0.15, -0.1) is 0 Å². The van der Waals surface area contributed by atoms with E-state index in [1.807, 2.05) is 0 Å². The van der Waals surface area contributed by atoms with E-state index in [-0.39, 0.29) is 26.1 Å². The fourth-order valence-corrected chi connectivity index (χ4v) is 3.52. The highest BCUT2D eigenvalue weighted by molar-refractivity contribution is 6.01. The second-order valence-electron chi connectivity index (χ2n) is 6.43. The number of carbonyl (C=O) groups excluding carboxylic acids is 3. The molecule has 2 aliphatic heterocycles. The third-order valence-electron chi connectivity index (χ3n) is 4.75. The molecule has 0 saturated carbocycles. The van der Waals surface area contributed by atoms with Gasteiger partial charge < -0.3 is 20.3 Å². The number of hydrogen-bond donors (Lipinski definition) is 1. The van der Waals surface area contributed by atoms with Crippen LogP contribution in [0.5, 0.6) is 0 Å². The lowest BCUT2D eigenvalue weighted by Crippen LogP contribution is -2.59. The fraction of sp³-hybridized carbons (Fsp3) is 0.471. The van der Waals surface area contributed by atoms with Crippen LogP contribution in [-0.2, 0) is 19.1 Å². The van der Waals surface area contributed by atoms with E-state index in [1.54, 1.807) is 6.92 Å². The second kappa shape index (κ2) is 6.99. The molecule has 0 aliphatic carbocycles. The van der Waals surface area contributed by atoms with Crippen LogP contribution in [0.1, 0.15) is 13.3 Å². The van der Waals surface area contributed by atoms with Gasteiger partial charge in [0.2, 0.25) is 17.7 Å². The third kappa shape index (κ3) is 3.14. The van der Waals surface area contributed by atoms with Crippen LogP contribution >= 0.6 is 0 Å². The van der Waals surface area contributed by atoms with Crippen molar-refractivity contribution in [1.29, 1.82) is 0 Å². The molecule has 7 nitrogen and oxygen atoms in total. The molecular formula is C17H19F2N3O4. The molecule has 2 heterocycles. The molecule has 1 aromatic rings. The first-order valence-corrected chi connectivity index (χ1v) is 8.27. The number of anilines is 1. The second-order valence-corrected chi connectivity index (χ2v) is 6.43. The number of amides is 3. The summed E-state index contributed by atoms with van der Waals surface area (Å²) in [6.45, 7) is 1.88. The van der Waals surface area contributed by atoms with Gasteiger partial charge in [-0.3, -0.25) is 14.4 Å². The van der Waals surface area contributed by atoms with E-state index in [2.05, 4.69) is 0 Å². The van der Waals surface area contributed by atoms with Gasteiger partial charge in [0, 0.05) is 19.5 Å². The third-order valence-corrected chi connectivity index (χ3v) is 4.75. The Balaban J connectivity index is 1.82. The summed E-state index contributed by atoms with van der Waals surface area (Å²) in [5.74, 6) is -4.26. The van der Waals surface area contributed by atoms with E-state index in [4.69, 9.17) is 10.5 Å². The Bertz CT molecular complexity index is 737. The molecule has 2 N–H and O–H groups in total. The summed E-state index contributed by atoms with van der Waals surface area (Å²) in [6.07, 6.45) is -0.758. The minimum Gasteiger partial charge on any atom is -0.374 e. The number of halogens is 2. The van der Waals surface area contributed by atoms with Crippen LogP contribution in [0, 0.1) is 17.6 Å². The molecule has 1 aromatic carbocycles. The predicted octanol–water partition coefficient (Wildman–Crippen LogP) is 0.419. The lowest BCUT2D eigenvalue weighted by Gasteiger charge is -2.39. The number of benzene rings is 1.